The molecule has 0 aliphatic heterocycles. The average molecular weight is 1810 g/mol. The normalized spacial score (nSPS) is 11.7. The van der Waals surface area contributed by atoms with Crippen molar-refractivity contribution < 1.29 is 0 Å². The number of fused-ring (bicyclic) bond motifs is 26. The van der Waals surface area contributed by atoms with Crippen molar-refractivity contribution in [2.45, 2.75) is 0 Å². The molecule has 26 aromatic carbocycles. The summed E-state index contributed by atoms with van der Waals surface area (Å²) in [6.45, 7) is 0. The summed E-state index contributed by atoms with van der Waals surface area (Å²) >= 11 is 0. The fraction of sp³-hybridized carbons (Fsp3) is 0. The first kappa shape index (κ1) is 82.4. The molecule has 0 atom stereocenters. The molecule has 0 saturated carbocycles. The molecule has 0 radical (unpaired) electrons. The van der Waals surface area contributed by atoms with Gasteiger partial charge in [0.15, 0.2) is 52.4 Å². The maximum Gasteiger partial charge on any atom is 0.164 e. The van der Waals surface area contributed by atoms with E-state index in [1.165, 1.54) is 145 Å². The number of nitrogens with zero attached hydrogens (tertiary/aromatic N) is 9. The third kappa shape index (κ3) is 14.9. The van der Waals surface area contributed by atoms with Crippen LogP contribution in [0.15, 0.2) is 491 Å². The van der Waals surface area contributed by atoms with E-state index in [1.54, 1.807) is 0 Å². The molecule has 29 aromatic rings. The van der Waals surface area contributed by atoms with Crippen LogP contribution in [0.3, 0.4) is 0 Å². The maximum atomic E-state index is 5.16. The Morgan fingerprint density at radius 2 is 0.254 bits per heavy atom. The first-order chi connectivity index (χ1) is 70.3. The van der Waals surface area contributed by atoms with Crippen molar-refractivity contribution in [1.82, 2.24) is 44.9 Å². The van der Waals surface area contributed by atoms with Gasteiger partial charge in [-0.2, -0.15) is 0 Å². The Bertz CT molecular complexity index is 9810. The fourth-order valence-corrected chi connectivity index (χ4v) is 21.2. The Kier molecular flexibility index (Phi) is 20.1. The molecule has 0 N–H and O–H groups in total. The van der Waals surface area contributed by atoms with Gasteiger partial charge in [-0.15, -0.1) is 0 Å². The zero-order valence-corrected chi connectivity index (χ0v) is 76.8. The summed E-state index contributed by atoms with van der Waals surface area (Å²) < 4.78 is 0. The van der Waals surface area contributed by atoms with Crippen LogP contribution in [-0.2, 0) is 0 Å². The first-order valence-electron chi connectivity index (χ1n) is 48.1. The average Bonchev–Trinajstić information content (AvgIpc) is 0.756. The number of benzene rings is 26. The Hall–Kier alpha value is -19.1. The van der Waals surface area contributed by atoms with Gasteiger partial charge in [-0.05, 0) is 220 Å². The molecule has 0 unspecified atom stereocenters. The molecule has 29 rings (SSSR count). The quantitative estimate of drug-likeness (QED) is 0.123. The topological polar surface area (TPSA) is 116 Å². The summed E-state index contributed by atoms with van der Waals surface area (Å²) in [6.07, 6.45) is 0. The predicted molar refractivity (Wildman–Crippen MR) is 594 cm³/mol. The van der Waals surface area contributed by atoms with Gasteiger partial charge in [0.2, 0.25) is 0 Å². The van der Waals surface area contributed by atoms with E-state index in [1.807, 2.05) is 84.9 Å². The van der Waals surface area contributed by atoms with Gasteiger partial charge in [-0.25, -0.2) is 44.9 Å². The van der Waals surface area contributed by atoms with E-state index in [2.05, 4.69) is 406 Å². The summed E-state index contributed by atoms with van der Waals surface area (Å²) in [5.74, 6) is 5.90. The van der Waals surface area contributed by atoms with Gasteiger partial charge in [0.25, 0.3) is 0 Å². The summed E-state index contributed by atoms with van der Waals surface area (Å²) in [7, 11) is 0. The molecular weight excluding hydrogens is 1720 g/mol. The lowest BCUT2D eigenvalue weighted by Crippen LogP contribution is -2.01. The van der Waals surface area contributed by atoms with Crippen LogP contribution in [0.4, 0.5) is 0 Å². The molecule has 0 fully saturated rings. The van der Waals surface area contributed by atoms with E-state index in [-0.39, 0.29) is 0 Å². The van der Waals surface area contributed by atoms with Crippen LogP contribution in [0.2, 0.25) is 0 Å². The predicted octanol–water partition coefficient (Wildman–Crippen LogP) is 34.7. The van der Waals surface area contributed by atoms with Gasteiger partial charge in [0.05, 0.1) is 0 Å². The molecule has 658 valence electrons. The Balaban J connectivity index is 0.000000107. The number of aromatic nitrogens is 9. The SMILES string of the molecule is c1ccc(-c2nc(-c3ccc4c(ccc5c6ccccc6ccc45)c3)nc(-c3ccc4c(ccc5c6ccccc6ccc45)c3)n2)cc1.c1ccc(-c2nc(-c3ccccc3)nc(-c3ccccc3-c3ccc4c(ccc5c6ccccc6ccc45)c3)n2)cc1.c1ccc2cc(-c3nc(-c4ccc5c(ccc6c7ccccc7ccc56)c4)nc(-c4ccc5c(ccc6c7ccccc7ccc56)c4)n3)ccc2c1. The summed E-state index contributed by atoms with van der Waals surface area (Å²) in [6, 6.07) is 174. The van der Waals surface area contributed by atoms with E-state index in [0.29, 0.717) is 52.4 Å². The Morgan fingerprint density at radius 3 is 0.535 bits per heavy atom. The van der Waals surface area contributed by atoms with Crippen molar-refractivity contribution in [3.8, 4) is 114 Å². The van der Waals surface area contributed by atoms with Crippen molar-refractivity contribution in [1.29, 1.82) is 0 Å². The van der Waals surface area contributed by atoms with Crippen molar-refractivity contribution >= 4 is 172 Å². The third-order valence-electron chi connectivity index (χ3n) is 28.2. The monoisotopic (exact) mass is 1800 g/mol. The largest absolute Gasteiger partial charge is 0.208 e. The Labute approximate surface area is 816 Å². The molecule has 0 aliphatic carbocycles. The molecule has 0 spiro atoms. The van der Waals surface area contributed by atoms with Gasteiger partial charge in [-0.3, -0.25) is 0 Å². The molecule has 142 heavy (non-hydrogen) atoms. The Morgan fingerprint density at radius 1 is 0.0845 bits per heavy atom. The summed E-state index contributed by atoms with van der Waals surface area (Å²) in [5, 5.41) is 39.5. The van der Waals surface area contributed by atoms with Gasteiger partial charge in [-0.1, -0.05) is 455 Å². The molecule has 0 bridgehead atoms. The van der Waals surface area contributed by atoms with E-state index < -0.39 is 0 Å². The lowest BCUT2D eigenvalue weighted by atomic mass is 9.93. The minimum absolute atomic E-state index is 0.652. The van der Waals surface area contributed by atoms with Crippen LogP contribution < -0.4 is 0 Å². The van der Waals surface area contributed by atoms with Crippen molar-refractivity contribution in [3.63, 3.8) is 0 Å². The zero-order valence-electron chi connectivity index (χ0n) is 76.8. The molecule has 3 heterocycles. The molecule has 0 saturated heterocycles. The van der Waals surface area contributed by atoms with Crippen LogP contribution in [0, 0.1) is 0 Å². The molecule has 0 aliphatic rings. The molecular formula is C133H81N9. The highest BCUT2D eigenvalue weighted by Crippen LogP contribution is 2.44. The lowest BCUT2D eigenvalue weighted by Gasteiger charge is -2.13. The van der Waals surface area contributed by atoms with Crippen LogP contribution in [-0.4, -0.2) is 44.9 Å². The van der Waals surface area contributed by atoms with Crippen LogP contribution in [0.1, 0.15) is 0 Å². The molecule has 0 amide bonds. The van der Waals surface area contributed by atoms with Crippen molar-refractivity contribution in [2.24, 2.45) is 0 Å². The fourth-order valence-electron chi connectivity index (χ4n) is 21.2. The minimum atomic E-state index is 0.652. The molecule has 9 heteroatoms. The molecule has 9 nitrogen and oxygen atoms in total. The minimum Gasteiger partial charge on any atom is -0.208 e. The van der Waals surface area contributed by atoms with Crippen LogP contribution >= 0.6 is 0 Å². The van der Waals surface area contributed by atoms with E-state index in [0.717, 1.165) is 88.1 Å². The van der Waals surface area contributed by atoms with E-state index >= 15 is 0 Å². The summed E-state index contributed by atoms with van der Waals surface area (Å²) in [5.41, 5.74) is 10.9. The van der Waals surface area contributed by atoms with Gasteiger partial charge < -0.3 is 0 Å². The second-order valence-electron chi connectivity index (χ2n) is 36.5. The molecule has 3 aromatic heterocycles. The standard InChI is InChI=1S/C49H29N3.C45H27N3.C39H25N3/c1-2-10-33-27-36(14-13-30(33)7-1)47-50-48(37-19-21-41-34(28-37)17-25-43-39-11-5-3-8-31(39)15-23-45(41)43)52-49(51-47)38-20-22-42-35(29-38)18-26-44-40-12-6-4-9-32(40)16-24-46(42)44;1-2-10-30(11-3-1)43-46-44(33-18-20-37-31(26-33)16-24-39-35-12-6-4-8-28(35)14-22-41(37)39)48-45(47-43)34-19-21-38-32(27-34)17-25-40-36-13-7-5-9-29(36)15-23-42(38)40;1-3-12-27(13-4-1)37-40-38(28-14-5-2-6-15-28)42-39(41-37)36-18-10-9-17-32(36)29-20-22-33-30(25-29)21-24-34-31-16-8-7-11-26(31)19-23-35(33)34/h1-29H;1-27H;1-25H. The van der Waals surface area contributed by atoms with Gasteiger partial charge in [0.1, 0.15) is 0 Å². The lowest BCUT2D eigenvalue weighted by molar-refractivity contribution is 1.07. The highest BCUT2D eigenvalue weighted by molar-refractivity contribution is 6.23. The maximum absolute atomic E-state index is 5.16. The smallest absolute Gasteiger partial charge is 0.164 e. The number of hydrogen-bond acceptors (Lipinski definition) is 9. The number of hydrogen-bond donors (Lipinski definition) is 0. The van der Waals surface area contributed by atoms with Crippen LogP contribution in [0.25, 0.3) is 286 Å². The van der Waals surface area contributed by atoms with Gasteiger partial charge in [0, 0.05) is 50.1 Å². The van der Waals surface area contributed by atoms with Crippen molar-refractivity contribution in [2.75, 3.05) is 0 Å². The summed E-state index contributed by atoms with van der Waals surface area (Å²) in [4.78, 5) is 45.4. The highest BCUT2D eigenvalue weighted by Gasteiger charge is 2.22. The second kappa shape index (κ2) is 34.6. The van der Waals surface area contributed by atoms with E-state index in [9.17, 15) is 0 Å². The second-order valence-corrected chi connectivity index (χ2v) is 36.5. The van der Waals surface area contributed by atoms with Crippen molar-refractivity contribution in [3.05, 3.63) is 491 Å². The zero-order chi connectivity index (χ0) is 93.7. The highest BCUT2D eigenvalue weighted by atomic mass is 15.1. The van der Waals surface area contributed by atoms with Gasteiger partial charge >= 0.3 is 0 Å². The first-order valence-corrected chi connectivity index (χ1v) is 48.1. The van der Waals surface area contributed by atoms with E-state index in [4.69, 9.17) is 44.9 Å². The van der Waals surface area contributed by atoms with Crippen LogP contribution in [0.5, 0.6) is 0 Å². The number of rotatable bonds is 10. The third-order valence-corrected chi connectivity index (χ3v) is 28.2.